The van der Waals surface area contributed by atoms with Crippen LogP contribution in [0.4, 0.5) is 0 Å². The molecule has 1 heterocycles. The van der Waals surface area contributed by atoms with Crippen molar-refractivity contribution in [3.8, 4) is 0 Å². The Hall–Kier alpha value is -0.883. The Morgan fingerprint density at radius 3 is 2.80 bits per heavy atom. The predicted molar refractivity (Wildman–Crippen MR) is 58.0 cm³/mol. The van der Waals surface area contributed by atoms with Crippen LogP contribution in [0.5, 0.6) is 0 Å². The van der Waals surface area contributed by atoms with Crippen LogP contribution in [0.1, 0.15) is 13.3 Å². The van der Waals surface area contributed by atoms with E-state index < -0.39 is 8.32 Å². The molecule has 0 radical (unpaired) electrons. The zero-order valence-electron chi connectivity index (χ0n) is 9.57. The van der Waals surface area contributed by atoms with Gasteiger partial charge in [0.1, 0.15) is 12.3 Å². The molecular weight excluding hydrogens is 214 g/mol. The lowest BCUT2D eigenvalue weighted by Crippen LogP contribution is -2.32. The average Bonchev–Trinajstić information content (AvgIpc) is 2.45. The summed E-state index contributed by atoms with van der Waals surface area (Å²) in [6.45, 7) is 7.81. The third-order valence-electron chi connectivity index (χ3n) is 1.63. The molecule has 0 N–H and O–H groups in total. The van der Waals surface area contributed by atoms with Crippen LogP contribution in [0.3, 0.4) is 0 Å². The van der Waals surface area contributed by atoms with Crippen molar-refractivity contribution in [2.75, 3.05) is 6.61 Å². The van der Waals surface area contributed by atoms with Gasteiger partial charge in [0.25, 0.3) is 0 Å². The number of hydrogen-bond acceptors (Lipinski definition) is 5. The first-order chi connectivity index (χ1) is 6.87. The van der Waals surface area contributed by atoms with E-state index in [1.54, 1.807) is 0 Å². The quantitative estimate of drug-likeness (QED) is 0.543. The third kappa shape index (κ3) is 4.94. The van der Waals surface area contributed by atoms with Gasteiger partial charge in [-0.1, -0.05) is 5.16 Å². The molecule has 1 atom stereocenters. The smallest absolute Gasteiger partial charge is 0.303 e. The number of oxime groups is 1. The van der Waals surface area contributed by atoms with Gasteiger partial charge in [-0.25, -0.2) is 0 Å². The van der Waals surface area contributed by atoms with Gasteiger partial charge in [-0.2, -0.15) is 0 Å². The molecule has 1 rings (SSSR count). The van der Waals surface area contributed by atoms with Crippen LogP contribution in [-0.4, -0.2) is 32.9 Å². The minimum absolute atomic E-state index is 0.195. The Balaban J connectivity index is 2.28. The van der Waals surface area contributed by atoms with Gasteiger partial charge in [-0.15, -0.1) is 0 Å². The van der Waals surface area contributed by atoms with E-state index in [9.17, 15) is 4.79 Å². The van der Waals surface area contributed by atoms with Crippen molar-refractivity contribution in [1.29, 1.82) is 0 Å². The molecular formula is C9H17NO4Si. The SMILES string of the molecule is CC(=O)OCC1=NOC(O[Si](C)(C)C)C1. The lowest BCUT2D eigenvalue weighted by atomic mass is 10.3. The highest BCUT2D eigenvalue weighted by Gasteiger charge is 2.28. The van der Waals surface area contributed by atoms with Crippen LogP contribution in [0.25, 0.3) is 0 Å². The van der Waals surface area contributed by atoms with Crippen LogP contribution in [-0.2, 0) is 18.8 Å². The topological polar surface area (TPSA) is 57.1 Å². The van der Waals surface area contributed by atoms with Crippen LogP contribution in [0.15, 0.2) is 5.16 Å². The van der Waals surface area contributed by atoms with E-state index >= 15 is 0 Å². The zero-order valence-corrected chi connectivity index (χ0v) is 10.6. The first-order valence-corrected chi connectivity index (χ1v) is 8.30. The van der Waals surface area contributed by atoms with Gasteiger partial charge in [-0.05, 0) is 19.6 Å². The Labute approximate surface area is 90.5 Å². The second-order valence-electron chi connectivity index (χ2n) is 4.41. The maximum atomic E-state index is 10.6. The number of ether oxygens (including phenoxy) is 1. The molecule has 15 heavy (non-hydrogen) atoms. The van der Waals surface area contributed by atoms with Gasteiger partial charge in [0.2, 0.25) is 6.29 Å². The van der Waals surface area contributed by atoms with E-state index in [1.807, 2.05) is 0 Å². The van der Waals surface area contributed by atoms with Crippen molar-refractivity contribution >= 4 is 20.0 Å². The largest absolute Gasteiger partial charge is 0.460 e. The third-order valence-corrected chi connectivity index (χ3v) is 2.60. The summed E-state index contributed by atoms with van der Waals surface area (Å²) in [7, 11) is -1.60. The molecule has 1 aliphatic heterocycles. The number of carbonyl (C=O) groups excluding carboxylic acids is 1. The summed E-state index contributed by atoms with van der Waals surface area (Å²) in [5, 5.41) is 3.81. The van der Waals surface area contributed by atoms with Crippen molar-refractivity contribution in [2.24, 2.45) is 5.16 Å². The molecule has 0 saturated carbocycles. The first-order valence-electron chi connectivity index (χ1n) is 4.89. The van der Waals surface area contributed by atoms with E-state index in [0.717, 1.165) is 0 Å². The molecule has 0 aliphatic carbocycles. The molecule has 0 bridgehead atoms. The van der Waals surface area contributed by atoms with Gasteiger partial charge in [0, 0.05) is 6.92 Å². The van der Waals surface area contributed by atoms with Crippen molar-refractivity contribution in [2.45, 2.75) is 39.3 Å². The normalized spacial score (nSPS) is 20.8. The Morgan fingerprint density at radius 1 is 1.60 bits per heavy atom. The molecule has 0 aromatic carbocycles. The minimum atomic E-state index is -1.60. The van der Waals surface area contributed by atoms with E-state index in [-0.39, 0.29) is 18.9 Å². The van der Waals surface area contributed by atoms with E-state index in [4.69, 9.17) is 14.0 Å². The van der Waals surface area contributed by atoms with Gasteiger partial charge >= 0.3 is 5.97 Å². The molecule has 5 nitrogen and oxygen atoms in total. The molecule has 0 amide bonds. The number of nitrogens with zero attached hydrogens (tertiary/aromatic N) is 1. The average molecular weight is 231 g/mol. The summed E-state index contributed by atoms with van der Waals surface area (Å²) in [6, 6.07) is 0. The summed E-state index contributed by atoms with van der Waals surface area (Å²) >= 11 is 0. The second kappa shape index (κ2) is 4.76. The van der Waals surface area contributed by atoms with Crippen molar-refractivity contribution < 1.29 is 18.8 Å². The number of hydrogen-bond donors (Lipinski definition) is 0. The Morgan fingerprint density at radius 2 is 2.27 bits per heavy atom. The molecule has 86 valence electrons. The Bertz CT molecular complexity index is 272. The lowest BCUT2D eigenvalue weighted by molar-refractivity contribution is -0.139. The summed E-state index contributed by atoms with van der Waals surface area (Å²) in [4.78, 5) is 15.7. The van der Waals surface area contributed by atoms with Crippen LogP contribution < -0.4 is 0 Å². The lowest BCUT2D eigenvalue weighted by Gasteiger charge is -2.20. The van der Waals surface area contributed by atoms with Crippen molar-refractivity contribution in [3.63, 3.8) is 0 Å². The van der Waals surface area contributed by atoms with Crippen LogP contribution in [0.2, 0.25) is 19.6 Å². The Kier molecular flexibility index (Phi) is 3.87. The van der Waals surface area contributed by atoms with Gasteiger partial charge in [0.05, 0.1) is 6.42 Å². The van der Waals surface area contributed by atoms with E-state index in [2.05, 4.69) is 24.8 Å². The predicted octanol–water partition coefficient (Wildman–Crippen LogP) is 1.50. The van der Waals surface area contributed by atoms with Gasteiger partial charge in [0.15, 0.2) is 8.32 Å². The molecule has 0 spiro atoms. The molecule has 0 saturated heterocycles. The molecule has 0 fully saturated rings. The van der Waals surface area contributed by atoms with E-state index in [0.29, 0.717) is 12.1 Å². The fourth-order valence-corrected chi connectivity index (χ4v) is 2.04. The van der Waals surface area contributed by atoms with E-state index in [1.165, 1.54) is 6.92 Å². The molecule has 0 aromatic rings. The summed E-state index contributed by atoms with van der Waals surface area (Å²) in [6.07, 6.45) is 0.277. The number of esters is 1. The summed E-state index contributed by atoms with van der Waals surface area (Å²) in [5.74, 6) is -0.313. The fraction of sp³-hybridized carbons (Fsp3) is 0.778. The van der Waals surface area contributed by atoms with Gasteiger partial charge in [-0.3, -0.25) is 4.79 Å². The number of rotatable bonds is 4. The fourth-order valence-electron chi connectivity index (χ4n) is 1.13. The monoisotopic (exact) mass is 231 g/mol. The van der Waals surface area contributed by atoms with Crippen molar-refractivity contribution in [3.05, 3.63) is 0 Å². The summed E-state index contributed by atoms with van der Waals surface area (Å²) in [5.41, 5.74) is 0.716. The maximum absolute atomic E-state index is 10.6. The molecule has 6 heteroatoms. The molecule has 1 aliphatic rings. The van der Waals surface area contributed by atoms with Crippen LogP contribution >= 0.6 is 0 Å². The molecule has 1 unspecified atom stereocenters. The standard InChI is InChI=1S/C9H17NO4Si/c1-7(11)12-6-8-5-9(13-10-8)14-15(2,3)4/h9H,5-6H2,1-4H3. The molecule has 0 aromatic heterocycles. The highest BCUT2D eigenvalue weighted by molar-refractivity contribution is 6.69. The second-order valence-corrected chi connectivity index (χ2v) is 8.87. The minimum Gasteiger partial charge on any atom is -0.460 e. The summed E-state index contributed by atoms with van der Waals surface area (Å²) < 4.78 is 10.5. The first kappa shape index (κ1) is 12.2. The van der Waals surface area contributed by atoms with Crippen LogP contribution in [0, 0.1) is 0 Å². The maximum Gasteiger partial charge on any atom is 0.303 e. The highest BCUT2D eigenvalue weighted by atomic mass is 28.4. The highest BCUT2D eigenvalue weighted by Crippen LogP contribution is 2.17. The van der Waals surface area contributed by atoms with Crippen molar-refractivity contribution in [1.82, 2.24) is 0 Å². The van der Waals surface area contributed by atoms with Gasteiger partial charge < -0.3 is 14.0 Å². The number of carbonyl (C=O) groups is 1. The zero-order chi connectivity index (χ0) is 11.5.